The molecular formula is C27H30O9. The summed E-state index contributed by atoms with van der Waals surface area (Å²) >= 11 is 0. The number of carbonyl (C=O) groups is 2. The number of ketones is 1. The number of phenolic OH excluding ortho intramolecular Hbond substituents is 1. The lowest BCUT2D eigenvalue weighted by atomic mass is 10.0. The average molecular weight is 499 g/mol. The van der Waals surface area contributed by atoms with E-state index in [0.29, 0.717) is 41.9 Å². The molecular weight excluding hydrogens is 468 g/mol. The first-order valence-corrected chi connectivity index (χ1v) is 11.8. The largest absolute Gasteiger partial charge is 0.507 e. The van der Waals surface area contributed by atoms with E-state index in [1.54, 1.807) is 12.1 Å². The number of hydrogen-bond donors (Lipinski definition) is 3. The summed E-state index contributed by atoms with van der Waals surface area (Å²) in [5.41, 5.74) is 0.941. The Morgan fingerprint density at radius 2 is 1.56 bits per heavy atom. The normalized spacial score (nSPS) is 11.9. The molecule has 0 radical (unpaired) electrons. The van der Waals surface area contributed by atoms with E-state index in [2.05, 4.69) is 0 Å². The van der Waals surface area contributed by atoms with Gasteiger partial charge in [0, 0.05) is 17.2 Å². The van der Waals surface area contributed by atoms with Crippen molar-refractivity contribution in [1.82, 2.24) is 0 Å². The molecule has 3 aromatic rings. The van der Waals surface area contributed by atoms with Crippen molar-refractivity contribution in [2.45, 2.75) is 52.6 Å². The third-order valence-corrected chi connectivity index (χ3v) is 5.65. The fourth-order valence-corrected chi connectivity index (χ4v) is 3.93. The maximum atomic E-state index is 12.4. The molecule has 9 heteroatoms. The quantitative estimate of drug-likeness (QED) is 0.314. The van der Waals surface area contributed by atoms with Crippen LogP contribution in [0.4, 0.5) is 0 Å². The molecule has 1 heterocycles. The van der Waals surface area contributed by atoms with Crippen molar-refractivity contribution in [2.75, 3.05) is 13.2 Å². The Morgan fingerprint density at radius 1 is 0.972 bits per heavy atom. The number of aryl methyl sites for hydroxylation is 1. The van der Waals surface area contributed by atoms with Crippen LogP contribution in [-0.2, 0) is 12.8 Å². The van der Waals surface area contributed by atoms with E-state index < -0.39 is 23.3 Å². The summed E-state index contributed by atoms with van der Waals surface area (Å²) in [6, 6.07) is 7.12. The molecule has 2 aromatic carbocycles. The smallest absolute Gasteiger partial charge is 0.371 e. The van der Waals surface area contributed by atoms with Crippen molar-refractivity contribution in [1.29, 1.82) is 0 Å². The van der Waals surface area contributed by atoms with E-state index >= 15 is 0 Å². The van der Waals surface area contributed by atoms with E-state index in [0.717, 1.165) is 12.5 Å². The monoisotopic (exact) mass is 498 g/mol. The molecule has 0 bridgehead atoms. The molecule has 0 aliphatic carbocycles. The number of Topliss-reactive ketones (excluding diaryl/α,β-unsaturated/α-hetero) is 1. The number of aromatic hydroxyl groups is 1. The summed E-state index contributed by atoms with van der Waals surface area (Å²) in [6.07, 6.45) is 1.32. The SMILES string of the molecule is CCCc1c(OC[C@@H](O)COc2ccc3c(=O)cc(C(=O)O)oc3c2CCC)ccc(C(C)=O)c1O. The van der Waals surface area contributed by atoms with Crippen molar-refractivity contribution in [3.63, 3.8) is 0 Å². The van der Waals surface area contributed by atoms with Crippen LogP contribution in [0.5, 0.6) is 17.2 Å². The third kappa shape index (κ3) is 5.85. The highest BCUT2D eigenvalue weighted by atomic mass is 16.5. The molecule has 0 fully saturated rings. The Morgan fingerprint density at radius 3 is 2.14 bits per heavy atom. The van der Waals surface area contributed by atoms with Crippen molar-refractivity contribution in [2.24, 2.45) is 0 Å². The minimum atomic E-state index is -1.35. The maximum Gasteiger partial charge on any atom is 0.371 e. The number of ether oxygens (including phenoxy) is 2. The van der Waals surface area contributed by atoms with Crippen LogP contribution in [0.15, 0.2) is 39.5 Å². The fraction of sp³-hybridized carbons (Fsp3) is 0.370. The minimum Gasteiger partial charge on any atom is -0.507 e. The van der Waals surface area contributed by atoms with Crippen molar-refractivity contribution in [3.05, 3.63) is 63.0 Å². The molecule has 192 valence electrons. The van der Waals surface area contributed by atoms with Crippen LogP contribution in [0.25, 0.3) is 11.0 Å². The van der Waals surface area contributed by atoms with Crippen LogP contribution >= 0.6 is 0 Å². The van der Waals surface area contributed by atoms with Gasteiger partial charge in [0.25, 0.3) is 0 Å². The summed E-state index contributed by atoms with van der Waals surface area (Å²) in [5.74, 6) is -1.44. The zero-order valence-corrected chi connectivity index (χ0v) is 20.5. The fourth-order valence-electron chi connectivity index (χ4n) is 3.93. The molecule has 3 rings (SSSR count). The lowest BCUT2D eigenvalue weighted by Crippen LogP contribution is -2.25. The zero-order valence-electron chi connectivity index (χ0n) is 20.5. The molecule has 0 saturated heterocycles. The van der Waals surface area contributed by atoms with Crippen LogP contribution in [-0.4, -0.2) is 46.4 Å². The highest BCUT2D eigenvalue weighted by Crippen LogP contribution is 2.33. The Kier molecular flexibility index (Phi) is 8.71. The van der Waals surface area contributed by atoms with Gasteiger partial charge in [-0.15, -0.1) is 0 Å². The molecule has 1 atom stereocenters. The molecule has 0 unspecified atom stereocenters. The number of fused-ring (bicyclic) bond motifs is 1. The summed E-state index contributed by atoms with van der Waals surface area (Å²) in [5, 5.41) is 30.5. The summed E-state index contributed by atoms with van der Waals surface area (Å²) in [7, 11) is 0. The Bertz CT molecular complexity index is 1320. The Hall–Kier alpha value is -3.85. The maximum absolute atomic E-state index is 12.4. The summed E-state index contributed by atoms with van der Waals surface area (Å²) in [4.78, 5) is 35.4. The molecule has 0 amide bonds. The molecule has 0 spiro atoms. The second kappa shape index (κ2) is 11.7. The highest BCUT2D eigenvalue weighted by molar-refractivity contribution is 5.97. The number of aliphatic hydroxyl groups is 1. The first kappa shape index (κ1) is 26.7. The second-order valence-corrected chi connectivity index (χ2v) is 8.47. The number of carboxylic acid groups (broad SMARTS) is 1. The topological polar surface area (TPSA) is 144 Å². The van der Waals surface area contributed by atoms with Crippen LogP contribution < -0.4 is 14.9 Å². The first-order valence-electron chi connectivity index (χ1n) is 11.8. The summed E-state index contributed by atoms with van der Waals surface area (Å²) in [6.45, 7) is 4.95. The lowest BCUT2D eigenvalue weighted by Gasteiger charge is -2.18. The van der Waals surface area contributed by atoms with E-state index in [-0.39, 0.29) is 41.3 Å². The molecule has 1 aromatic heterocycles. The van der Waals surface area contributed by atoms with E-state index in [1.807, 2.05) is 13.8 Å². The second-order valence-electron chi connectivity index (χ2n) is 8.47. The number of carbonyl (C=O) groups excluding carboxylic acids is 1. The minimum absolute atomic E-state index is 0.116. The molecule has 0 aliphatic heterocycles. The zero-order chi connectivity index (χ0) is 26.4. The van der Waals surface area contributed by atoms with Gasteiger partial charge in [0.1, 0.15) is 42.1 Å². The van der Waals surface area contributed by atoms with Crippen molar-refractivity contribution in [3.8, 4) is 17.2 Å². The highest BCUT2D eigenvalue weighted by Gasteiger charge is 2.19. The standard InChI is InChI=1S/C27H30O9/c1-4-6-19-22(10-8-17(15(3)28)25(19)31)34-13-16(29)14-35-23-11-9-18-21(30)12-24(27(32)33)36-26(18)20(23)7-5-2/h8-12,16,29,31H,4-7,13-14H2,1-3H3,(H,32,33)/t16-/m1/s1. The number of phenols is 1. The van der Waals surface area contributed by atoms with E-state index in [9.17, 15) is 29.7 Å². The van der Waals surface area contributed by atoms with Crippen LogP contribution in [0.2, 0.25) is 0 Å². The lowest BCUT2D eigenvalue weighted by molar-refractivity contribution is 0.0618. The number of carboxylic acids is 1. The molecule has 9 nitrogen and oxygen atoms in total. The predicted octanol–water partition coefficient (Wildman–Crippen LogP) is 4.12. The average Bonchev–Trinajstić information content (AvgIpc) is 2.83. The van der Waals surface area contributed by atoms with Gasteiger partial charge in [-0.2, -0.15) is 0 Å². The Balaban J connectivity index is 1.78. The van der Waals surface area contributed by atoms with Crippen molar-refractivity contribution < 1.29 is 38.8 Å². The van der Waals surface area contributed by atoms with Gasteiger partial charge in [0.15, 0.2) is 11.2 Å². The van der Waals surface area contributed by atoms with Gasteiger partial charge >= 0.3 is 5.97 Å². The van der Waals surface area contributed by atoms with Crippen molar-refractivity contribution >= 4 is 22.7 Å². The summed E-state index contributed by atoms with van der Waals surface area (Å²) < 4.78 is 17.0. The van der Waals surface area contributed by atoms with Gasteiger partial charge in [-0.3, -0.25) is 9.59 Å². The predicted molar refractivity (Wildman–Crippen MR) is 133 cm³/mol. The van der Waals surface area contributed by atoms with Crippen LogP contribution in [0.3, 0.4) is 0 Å². The molecule has 0 aliphatic rings. The van der Waals surface area contributed by atoms with Gasteiger partial charge in [-0.25, -0.2) is 4.79 Å². The van der Waals surface area contributed by atoms with Gasteiger partial charge < -0.3 is 29.2 Å². The van der Waals surface area contributed by atoms with Gasteiger partial charge in [-0.05, 0) is 44.0 Å². The molecule has 0 saturated carbocycles. The number of hydrogen-bond acceptors (Lipinski definition) is 8. The van der Waals surface area contributed by atoms with E-state index in [4.69, 9.17) is 13.9 Å². The van der Waals surface area contributed by atoms with Crippen LogP contribution in [0.1, 0.15) is 65.7 Å². The Labute approximate surface area is 207 Å². The molecule has 36 heavy (non-hydrogen) atoms. The third-order valence-electron chi connectivity index (χ3n) is 5.65. The van der Waals surface area contributed by atoms with Gasteiger partial charge in [0.05, 0.1) is 10.9 Å². The number of benzene rings is 2. The number of aromatic carboxylic acids is 1. The number of rotatable bonds is 12. The van der Waals surface area contributed by atoms with E-state index in [1.165, 1.54) is 19.1 Å². The number of aliphatic hydroxyl groups excluding tert-OH is 1. The van der Waals surface area contributed by atoms with Gasteiger partial charge in [-0.1, -0.05) is 26.7 Å². The first-order chi connectivity index (χ1) is 17.2. The van der Waals surface area contributed by atoms with Crippen LogP contribution in [0, 0.1) is 0 Å². The van der Waals surface area contributed by atoms with Gasteiger partial charge in [0.2, 0.25) is 5.76 Å². The molecule has 3 N–H and O–H groups in total.